The summed E-state index contributed by atoms with van der Waals surface area (Å²) in [6.45, 7) is 3.77. The van der Waals surface area contributed by atoms with Crippen molar-refractivity contribution in [3.63, 3.8) is 0 Å². The van der Waals surface area contributed by atoms with Crippen LogP contribution in [0.15, 0.2) is 11.0 Å². The predicted octanol–water partition coefficient (Wildman–Crippen LogP) is 2.35. The van der Waals surface area contributed by atoms with Gasteiger partial charge in [0.1, 0.15) is 10.6 Å². The number of aromatic nitrogens is 4. The van der Waals surface area contributed by atoms with Crippen LogP contribution in [-0.4, -0.2) is 25.5 Å². The van der Waals surface area contributed by atoms with Gasteiger partial charge in [-0.2, -0.15) is 0 Å². The molecule has 1 fully saturated rings. The number of carbonyl (C=O) groups excluding carboxylic acids is 1. The average Bonchev–Trinajstić information content (AvgIpc) is 3.19. The van der Waals surface area contributed by atoms with Gasteiger partial charge in [-0.25, -0.2) is 4.98 Å². The van der Waals surface area contributed by atoms with Crippen LogP contribution in [0.2, 0.25) is 0 Å². The third-order valence-corrected chi connectivity index (χ3v) is 5.92. The zero-order valence-corrected chi connectivity index (χ0v) is 14.1. The molecule has 7 nitrogen and oxygen atoms in total. The van der Waals surface area contributed by atoms with Crippen LogP contribution in [0.5, 0.6) is 0 Å². The Kier molecular flexibility index (Phi) is 3.27. The van der Waals surface area contributed by atoms with Crippen LogP contribution in [0.3, 0.4) is 0 Å². The van der Waals surface area contributed by atoms with Crippen molar-refractivity contribution >= 4 is 38.7 Å². The van der Waals surface area contributed by atoms with Crippen molar-refractivity contribution in [3.8, 4) is 0 Å². The minimum absolute atomic E-state index is 0.00609. The lowest BCUT2D eigenvalue weighted by Gasteiger charge is -2.02. The molecule has 9 heteroatoms. The Bertz CT molecular complexity index is 983. The maximum atomic E-state index is 12.6. The van der Waals surface area contributed by atoms with Crippen LogP contribution in [-0.2, 0) is 0 Å². The molecule has 0 radical (unpaired) electrons. The Morgan fingerprint density at radius 2 is 2.09 bits per heavy atom. The van der Waals surface area contributed by atoms with Gasteiger partial charge in [0, 0.05) is 22.7 Å². The summed E-state index contributed by atoms with van der Waals surface area (Å²) in [7, 11) is 0. The van der Waals surface area contributed by atoms with Crippen LogP contribution >= 0.6 is 22.7 Å². The molecule has 0 aliphatic heterocycles. The van der Waals surface area contributed by atoms with Crippen molar-refractivity contribution in [1.82, 2.24) is 19.6 Å². The lowest BCUT2D eigenvalue weighted by molar-refractivity contribution is 0.102. The summed E-state index contributed by atoms with van der Waals surface area (Å²) in [6, 6.07) is 0. The van der Waals surface area contributed by atoms with E-state index in [0.717, 1.165) is 28.4 Å². The predicted molar refractivity (Wildman–Crippen MR) is 88.7 cm³/mol. The Balaban J connectivity index is 1.67. The van der Waals surface area contributed by atoms with E-state index in [9.17, 15) is 9.59 Å². The SMILES string of the molecule is Cc1sc2ncc(C(=O)Nc3nnc(C4CC4)s3)c(=O)n2c1C. The fourth-order valence-electron chi connectivity index (χ4n) is 2.28. The number of carbonyl (C=O) groups is 1. The van der Waals surface area contributed by atoms with Gasteiger partial charge in [0.2, 0.25) is 5.13 Å². The molecule has 23 heavy (non-hydrogen) atoms. The van der Waals surface area contributed by atoms with Crippen LogP contribution in [0.1, 0.15) is 44.7 Å². The Morgan fingerprint density at radius 1 is 1.30 bits per heavy atom. The van der Waals surface area contributed by atoms with Crippen molar-refractivity contribution in [3.05, 3.63) is 37.7 Å². The molecule has 0 bridgehead atoms. The highest BCUT2D eigenvalue weighted by molar-refractivity contribution is 7.17. The third-order valence-electron chi connectivity index (χ3n) is 3.85. The number of thiazole rings is 1. The van der Waals surface area contributed by atoms with E-state index in [-0.39, 0.29) is 11.1 Å². The first-order chi connectivity index (χ1) is 11.0. The molecule has 0 spiro atoms. The Labute approximate surface area is 139 Å². The highest BCUT2D eigenvalue weighted by Gasteiger charge is 2.28. The number of anilines is 1. The molecule has 1 saturated carbocycles. The smallest absolute Gasteiger partial charge is 0.271 e. The maximum Gasteiger partial charge on any atom is 0.271 e. The number of hydrogen-bond donors (Lipinski definition) is 1. The lowest BCUT2D eigenvalue weighted by atomic mass is 10.3. The van der Waals surface area contributed by atoms with Gasteiger partial charge in [0.25, 0.3) is 11.5 Å². The van der Waals surface area contributed by atoms with E-state index < -0.39 is 5.91 Å². The first-order valence-corrected chi connectivity index (χ1v) is 8.80. The summed E-state index contributed by atoms with van der Waals surface area (Å²) < 4.78 is 1.48. The largest absolute Gasteiger partial charge is 0.296 e. The number of amides is 1. The molecule has 1 aliphatic rings. The van der Waals surface area contributed by atoms with Gasteiger partial charge >= 0.3 is 0 Å². The third kappa shape index (κ3) is 2.45. The molecule has 3 heterocycles. The van der Waals surface area contributed by atoms with Crippen LogP contribution in [0, 0.1) is 13.8 Å². The van der Waals surface area contributed by atoms with Gasteiger partial charge < -0.3 is 0 Å². The number of aryl methyl sites for hydroxylation is 2. The van der Waals surface area contributed by atoms with Gasteiger partial charge in [-0.05, 0) is 26.7 Å². The zero-order chi connectivity index (χ0) is 16.1. The summed E-state index contributed by atoms with van der Waals surface area (Å²) >= 11 is 2.79. The van der Waals surface area contributed by atoms with Gasteiger partial charge in [-0.3, -0.25) is 19.3 Å². The summed E-state index contributed by atoms with van der Waals surface area (Å²) in [5, 5.41) is 12.0. The average molecular weight is 347 g/mol. The van der Waals surface area contributed by atoms with E-state index in [4.69, 9.17) is 0 Å². The number of hydrogen-bond acceptors (Lipinski definition) is 7. The highest BCUT2D eigenvalue weighted by Crippen LogP contribution is 2.42. The molecule has 0 atom stereocenters. The maximum absolute atomic E-state index is 12.6. The minimum Gasteiger partial charge on any atom is -0.296 e. The molecule has 0 aromatic carbocycles. The first kappa shape index (κ1) is 14.5. The summed E-state index contributed by atoms with van der Waals surface area (Å²) in [4.78, 5) is 30.7. The molecule has 1 amide bonds. The monoisotopic (exact) mass is 347 g/mol. The van der Waals surface area contributed by atoms with Crippen molar-refractivity contribution in [1.29, 1.82) is 0 Å². The number of nitrogens with one attached hydrogen (secondary N) is 1. The molecule has 1 N–H and O–H groups in total. The second-order valence-corrected chi connectivity index (χ2v) is 7.70. The molecule has 4 rings (SSSR count). The Hall–Kier alpha value is -2.13. The van der Waals surface area contributed by atoms with Crippen LogP contribution < -0.4 is 10.9 Å². The number of nitrogens with zero attached hydrogens (tertiary/aromatic N) is 4. The molecule has 118 valence electrons. The second-order valence-electron chi connectivity index (χ2n) is 5.51. The number of fused-ring (bicyclic) bond motifs is 1. The van der Waals surface area contributed by atoms with E-state index >= 15 is 0 Å². The van der Waals surface area contributed by atoms with E-state index in [0.29, 0.717) is 16.0 Å². The molecule has 0 unspecified atom stereocenters. The quantitative estimate of drug-likeness (QED) is 0.785. The minimum atomic E-state index is -0.501. The molecular formula is C14H13N5O2S2. The summed E-state index contributed by atoms with van der Waals surface area (Å²) in [5.74, 6) is -0.0168. The van der Waals surface area contributed by atoms with Crippen molar-refractivity contribution in [2.75, 3.05) is 5.32 Å². The fourth-order valence-corrected chi connectivity index (χ4v) is 4.11. The van der Waals surface area contributed by atoms with Crippen molar-refractivity contribution in [2.45, 2.75) is 32.6 Å². The topological polar surface area (TPSA) is 89.2 Å². The summed E-state index contributed by atoms with van der Waals surface area (Å²) in [5.41, 5.74) is 0.455. The number of rotatable bonds is 3. The highest BCUT2D eigenvalue weighted by atomic mass is 32.1. The van der Waals surface area contributed by atoms with E-state index in [1.807, 2.05) is 13.8 Å². The Morgan fingerprint density at radius 3 is 2.83 bits per heavy atom. The van der Waals surface area contributed by atoms with Gasteiger partial charge in [0.15, 0.2) is 4.96 Å². The van der Waals surface area contributed by atoms with Gasteiger partial charge in [-0.15, -0.1) is 21.5 Å². The fraction of sp³-hybridized carbons (Fsp3) is 0.357. The molecular weight excluding hydrogens is 334 g/mol. The van der Waals surface area contributed by atoms with Gasteiger partial charge in [0.05, 0.1) is 0 Å². The van der Waals surface area contributed by atoms with E-state index in [1.54, 1.807) is 0 Å². The van der Waals surface area contributed by atoms with Gasteiger partial charge in [-0.1, -0.05) is 11.3 Å². The molecule has 3 aromatic rings. The van der Waals surface area contributed by atoms with Crippen LogP contribution in [0.4, 0.5) is 5.13 Å². The van der Waals surface area contributed by atoms with Crippen LogP contribution in [0.25, 0.3) is 4.96 Å². The van der Waals surface area contributed by atoms with E-state index in [1.165, 1.54) is 33.3 Å². The lowest BCUT2D eigenvalue weighted by Crippen LogP contribution is -2.26. The van der Waals surface area contributed by atoms with E-state index in [2.05, 4.69) is 20.5 Å². The molecule has 3 aromatic heterocycles. The van der Waals surface area contributed by atoms with Crippen molar-refractivity contribution in [2.24, 2.45) is 0 Å². The zero-order valence-electron chi connectivity index (χ0n) is 12.5. The molecule has 0 saturated heterocycles. The second kappa shape index (κ2) is 5.20. The first-order valence-electron chi connectivity index (χ1n) is 7.17. The normalized spacial score (nSPS) is 14.3. The standard InChI is InChI=1S/C14H13N5O2S2/c1-6-7(2)22-14-15-5-9(12(21)19(6)14)10(20)16-13-18-17-11(23-13)8-3-4-8/h5,8H,3-4H2,1-2H3,(H,16,18,20). The molecule has 1 aliphatic carbocycles. The van der Waals surface area contributed by atoms with Crippen molar-refractivity contribution < 1.29 is 4.79 Å². The summed E-state index contributed by atoms with van der Waals surface area (Å²) in [6.07, 6.45) is 3.58.